The topological polar surface area (TPSA) is 52.6 Å². The largest absolute Gasteiger partial charge is 0.387 e. The van der Waals surface area contributed by atoms with E-state index in [4.69, 9.17) is 0 Å². The molecule has 2 atom stereocenters. The van der Waals surface area contributed by atoms with Gasteiger partial charge in [0, 0.05) is 31.1 Å². The minimum atomic E-state index is -1.09. The molecule has 0 aliphatic carbocycles. The van der Waals surface area contributed by atoms with Crippen molar-refractivity contribution in [3.8, 4) is 0 Å². The summed E-state index contributed by atoms with van der Waals surface area (Å²) in [5.74, 6) is -1.14. The smallest absolute Gasteiger partial charge is 0.220 e. The summed E-state index contributed by atoms with van der Waals surface area (Å²) in [7, 11) is 0. The van der Waals surface area contributed by atoms with Crippen LogP contribution in [-0.4, -0.2) is 41.6 Å². The van der Waals surface area contributed by atoms with E-state index in [2.05, 4.69) is 5.32 Å². The Labute approximate surface area is 135 Å². The number of likely N-dealkylation sites (tertiary alicyclic amines) is 1. The molecule has 0 radical (unpaired) electrons. The fourth-order valence-corrected chi connectivity index (χ4v) is 2.98. The molecule has 2 rings (SSSR count). The van der Waals surface area contributed by atoms with Gasteiger partial charge in [-0.2, -0.15) is 0 Å². The maximum Gasteiger partial charge on any atom is 0.220 e. The molecule has 6 heteroatoms. The maximum absolute atomic E-state index is 13.7. The average Bonchev–Trinajstić information content (AvgIpc) is 2.50. The number of piperidine rings is 1. The van der Waals surface area contributed by atoms with E-state index >= 15 is 0 Å². The minimum absolute atomic E-state index is 0.0258. The van der Waals surface area contributed by atoms with Crippen molar-refractivity contribution in [2.24, 2.45) is 0 Å². The van der Waals surface area contributed by atoms with Gasteiger partial charge in [0.15, 0.2) is 0 Å². The van der Waals surface area contributed by atoms with Crippen LogP contribution in [0.25, 0.3) is 0 Å². The van der Waals surface area contributed by atoms with Crippen molar-refractivity contribution in [1.82, 2.24) is 10.2 Å². The van der Waals surface area contributed by atoms with Crippen molar-refractivity contribution in [3.05, 3.63) is 35.4 Å². The van der Waals surface area contributed by atoms with Crippen LogP contribution >= 0.6 is 0 Å². The normalized spacial score (nSPS) is 20.3. The van der Waals surface area contributed by atoms with Crippen molar-refractivity contribution >= 4 is 5.91 Å². The summed E-state index contributed by atoms with van der Waals surface area (Å²) in [6, 6.07) is 3.14. The quantitative estimate of drug-likeness (QED) is 0.844. The van der Waals surface area contributed by atoms with Crippen molar-refractivity contribution in [3.63, 3.8) is 0 Å². The van der Waals surface area contributed by atoms with E-state index in [1.807, 2.05) is 11.8 Å². The van der Waals surface area contributed by atoms with Crippen molar-refractivity contribution in [2.45, 2.75) is 44.8 Å². The van der Waals surface area contributed by atoms with Gasteiger partial charge in [-0.05, 0) is 44.0 Å². The number of carbonyl (C=O) groups is 1. The highest BCUT2D eigenvalue weighted by molar-refractivity contribution is 5.76. The molecule has 1 aliphatic rings. The standard InChI is InChI=1S/C17H24F2N2O2/c1-2-4-17(23)20-13-5-3-8-21(10-13)11-16(22)14-9-12(18)6-7-15(14)19/h6-7,9,13,16,22H,2-5,8,10-11H2,1H3,(H,20,23). The van der Waals surface area contributed by atoms with Gasteiger partial charge >= 0.3 is 0 Å². The first kappa shape index (κ1) is 17.8. The number of benzene rings is 1. The summed E-state index contributed by atoms with van der Waals surface area (Å²) in [6.45, 7) is 3.56. The second-order valence-corrected chi connectivity index (χ2v) is 6.10. The lowest BCUT2D eigenvalue weighted by atomic mass is 10.0. The Balaban J connectivity index is 1.91. The van der Waals surface area contributed by atoms with E-state index in [-0.39, 0.29) is 24.1 Å². The molecule has 1 saturated heterocycles. The van der Waals surface area contributed by atoms with Gasteiger partial charge < -0.3 is 10.4 Å². The number of β-amino-alcohol motifs (C(OH)–C–C–N with tert-alkyl or cyclic N) is 1. The van der Waals surface area contributed by atoms with Crippen LogP contribution in [0.4, 0.5) is 8.78 Å². The fourth-order valence-electron chi connectivity index (χ4n) is 2.98. The van der Waals surface area contributed by atoms with Gasteiger partial charge in [-0.1, -0.05) is 6.92 Å². The monoisotopic (exact) mass is 326 g/mol. The van der Waals surface area contributed by atoms with Gasteiger partial charge in [-0.3, -0.25) is 9.69 Å². The second kappa shape index (κ2) is 8.36. The molecule has 1 fully saturated rings. The zero-order valence-corrected chi connectivity index (χ0v) is 13.4. The van der Waals surface area contributed by atoms with Crippen LogP contribution in [0, 0.1) is 11.6 Å². The third kappa shape index (κ3) is 5.25. The lowest BCUT2D eigenvalue weighted by Gasteiger charge is -2.34. The summed E-state index contributed by atoms with van der Waals surface area (Å²) < 4.78 is 26.9. The van der Waals surface area contributed by atoms with Crippen LogP contribution in [0.15, 0.2) is 18.2 Å². The Kier molecular flexibility index (Phi) is 6.47. The molecule has 4 nitrogen and oxygen atoms in total. The van der Waals surface area contributed by atoms with Gasteiger partial charge in [0.2, 0.25) is 5.91 Å². The van der Waals surface area contributed by atoms with Gasteiger partial charge in [0.25, 0.3) is 0 Å². The van der Waals surface area contributed by atoms with Crippen LogP contribution < -0.4 is 5.32 Å². The molecule has 23 heavy (non-hydrogen) atoms. The van der Waals surface area contributed by atoms with Gasteiger partial charge in [-0.25, -0.2) is 8.78 Å². The average molecular weight is 326 g/mol. The molecule has 1 amide bonds. The van der Waals surface area contributed by atoms with Crippen molar-refractivity contribution in [1.29, 1.82) is 0 Å². The molecule has 0 saturated carbocycles. The number of aliphatic hydroxyl groups excluding tert-OH is 1. The fraction of sp³-hybridized carbons (Fsp3) is 0.588. The van der Waals surface area contributed by atoms with Gasteiger partial charge in [0.1, 0.15) is 11.6 Å². The van der Waals surface area contributed by atoms with Crippen LogP contribution in [0.1, 0.15) is 44.3 Å². The zero-order chi connectivity index (χ0) is 16.8. The number of hydrogen-bond acceptors (Lipinski definition) is 3. The molecule has 2 unspecified atom stereocenters. The van der Waals surface area contributed by atoms with E-state index in [0.717, 1.165) is 44.0 Å². The molecule has 2 N–H and O–H groups in total. The Morgan fingerprint density at radius 1 is 1.48 bits per heavy atom. The Hall–Kier alpha value is -1.53. The molecule has 1 aliphatic heterocycles. The summed E-state index contributed by atoms with van der Waals surface area (Å²) in [4.78, 5) is 13.7. The van der Waals surface area contributed by atoms with E-state index < -0.39 is 17.7 Å². The predicted octanol–water partition coefficient (Wildman–Crippen LogP) is 2.38. The summed E-state index contributed by atoms with van der Waals surface area (Å²) in [6.07, 6.45) is 2.02. The van der Waals surface area contributed by atoms with Crippen molar-refractivity contribution in [2.75, 3.05) is 19.6 Å². The summed E-state index contributed by atoms with van der Waals surface area (Å²) in [5, 5.41) is 13.2. The highest BCUT2D eigenvalue weighted by Crippen LogP contribution is 2.21. The molecule has 1 aromatic carbocycles. The van der Waals surface area contributed by atoms with E-state index in [9.17, 15) is 18.7 Å². The third-order valence-corrected chi connectivity index (χ3v) is 4.10. The van der Waals surface area contributed by atoms with E-state index in [0.29, 0.717) is 13.0 Å². The first-order chi connectivity index (χ1) is 11.0. The molecular formula is C17H24F2N2O2. The Bertz CT molecular complexity index is 539. The van der Waals surface area contributed by atoms with Crippen LogP contribution in [0.2, 0.25) is 0 Å². The predicted molar refractivity (Wildman–Crippen MR) is 83.8 cm³/mol. The number of aliphatic hydroxyl groups is 1. The van der Waals surface area contributed by atoms with Crippen LogP contribution in [0.3, 0.4) is 0 Å². The number of halogens is 2. The molecule has 1 aromatic rings. The highest BCUT2D eigenvalue weighted by Gasteiger charge is 2.24. The molecule has 0 bridgehead atoms. The number of amides is 1. The lowest BCUT2D eigenvalue weighted by Crippen LogP contribution is -2.48. The Morgan fingerprint density at radius 3 is 3.00 bits per heavy atom. The van der Waals surface area contributed by atoms with Gasteiger partial charge in [-0.15, -0.1) is 0 Å². The van der Waals surface area contributed by atoms with E-state index in [1.54, 1.807) is 0 Å². The second-order valence-electron chi connectivity index (χ2n) is 6.10. The molecular weight excluding hydrogens is 302 g/mol. The maximum atomic E-state index is 13.7. The number of hydrogen-bond donors (Lipinski definition) is 2. The number of nitrogens with zero attached hydrogens (tertiary/aromatic N) is 1. The SMILES string of the molecule is CCCC(=O)NC1CCCN(CC(O)c2cc(F)ccc2F)C1. The first-order valence-corrected chi connectivity index (χ1v) is 8.14. The third-order valence-electron chi connectivity index (χ3n) is 4.10. The molecule has 0 aromatic heterocycles. The number of carbonyl (C=O) groups excluding carboxylic acids is 1. The zero-order valence-electron chi connectivity index (χ0n) is 13.4. The first-order valence-electron chi connectivity index (χ1n) is 8.14. The van der Waals surface area contributed by atoms with Crippen LogP contribution in [-0.2, 0) is 4.79 Å². The van der Waals surface area contributed by atoms with Gasteiger partial charge in [0.05, 0.1) is 6.10 Å². The van der Waals surface area contributed by atoms with E-state index in [1.165, 1.54) is 0 Å². The molecule has 0 spiro atoms. The molecule has 128 valence electrons. The lowest BCUT2D eigenvalue weighted by molar-refractivity contribution is -0.122. The Morgan fingerprint density at radius 2 is 2.26 bits per heavy atom. The minimum Gasteiger partial charge on any atom is -0.387 e. The van der Waals surface area contributed by atoms with Crippen LogP contribution in [0.5, 0.6) is 0 Å². The summed E-state index contributed by atoms with van der Waals surface area (Å²) >= 11 is 0. The summed E-state index contributed by atoms with van der Waals surface area (Å²) in [5.41, 5.74) is -0.0258. The van der Waals surface area contributed by atoms with Crippen molar-refractivity contribution < 1.29 is 18.7 Å². The number of nitrogens with one attached hydrogen (secondary N) is 1. The number of rotatable bonds is 6. The molecule has 1 heterocycles. The highest BCUT2D eigenvalue weighted by atomic mass is 19.1.